The van der Waals surface area contributed by atoms with Crippen LogP contribution < -0.4 is 9.47 Å². The molecule has 0 aliphatic heterocycles. The van der Waals surface area contributed by atoms with Crippen LogP contribution in [0.4, 0.5) is 0 Å². The lowest BCUT2D eigenvalue weighted by Crippen LogP contribution is -2.33. The van der Waals surface area contributed by atoms with Gasteiger partial charge < -0.3 is 14.6 Å². The van der Waals surface area contributed by atoms with Gasteiger partial charge in [0.2, 0.25) is 0 Å². The molecule has 4 nitrogen and oxygen atoms in total. The minimum absolute atomic E-state index is 0.494. The Morgan fingerprint density at radius 1 is 0.900 bits per heavy atom. The van der Waals surface area contributed by atoms with Crippen molar-refractivity contribution in [1.82, 2.24) is 0 Å². The van der Waals surface area contributed by atoms with Gasteiger partial charge >= 0.3 is 12.3 Å². The zero-order chi connectivity index (χ0) is 14.5. The van der Waals surface area contributed by atoms with Gasteiger partial charge in [-0.1, -0.05) is 36.4 Å². The minimum Gasteiger partial charge on any atom is -0.476 e. The monoisotopic (exact) mass is 272 g/mol. The molecule has 0 saturated carbocycles. The normalized spacial score (nSPS) is 10.3. The van der Waals surface area contributed by atoms with Gasteiger partial charge in [0.15, 0.2) is 0 Å². The van der Waals surface area contributed by atoms with Gasteiger partial charge in [-0.15, -0.1) is 0 Å². The maximum atomic E-state index is 11.3. The third-order valence-electron chi connectivity index (χ3n) is 2.86. The van der Waals surface area contributed by atoms with Gasteiger partial charge in [-0.25, -0.2) is 4.79 Å². The molecule has 0 heterocycles. The molecule has 0 atom stereocenters. The Labute approximate surface area is 117 Å². The van der Waals surface area contributed by atoms with Gasteiger partial charge in [-0.05, 0) is 37.1 Å². The number of rotatable bonds is 5. The quantitative estimate of drug-likeness (QED) is 0.849. The summed E-state index contributed by atoms with van der Waals surface area (Å²) >= 11 is 0. The van der Waals surface area contributed by atoms with E-state index < -0.39 is 12.3 Å². The van der Waals surface area contributed by atoms with E-state index in [-0.39, 0.29) is 0 Å². The molecule has 0 radical (unpaired) electrons. The highest BCUT2D eigenvalue weighted by Gasteiger charge is 2.22. The van der Waals surface area contributed by atoms with Gasteiger partial charge in [0.05, 0.1) is 0 Å². The highest BCUT2D eigenvalue weighted by Crippen LogP contribution is 2.22. The fourth-order valence-corrected chi connectivity index (χ4v) is 1.73. The number of para-hydroxylation sites is 2. The zero-order valence-corrected chi connectivity index (χ0v) is 11.4. The average Bonchev–Trinajstić information content (AvgIpc) is 2.42. The van der Waals surface area contributed by atoms with Gasteiger partial charge in [0, 0.05) is 0 Å². The second-order valence-electron chi connectivity index (χ2n) is 4.44. The highest BCUT2D eigenvalue weighted by atomic mass is 16.7. The summed E-state index contributed by atoms with van der Waals surface area (Å²) in [5.41, 5.74) is 1.71. The molecule has 104 valence electrons. The average molecular weight is 272 g/mol. The molecule has 2 aromatic carbocycles. The predicted octanol–water partition coefficient (Wildman–Crippen LogP) is 3.17. The summed E-state index contributed by atoms with van der Waals surface area (Å²) in [6, 6.07) is 14.4. The number of aliphatic carboxylic acids is 1. The molecule has 0 aromatic heterocycles. The molecule has 0 fully saturated rings. The van der Waals surface area contributed by atoms with Crippen LogP contribution in [-0.2, 0) is 4.79 Å². The summed E-state index contributed by atoms with van der Waals surface area (Å²) in [5.74, 6) is -0.182. The Balaban J connectivity index is 2.19. The predicted molar refractivity (Wildman–Crippen MR) is 75.0 cm³/mol. The zero-order valence-electron chi connectivity index (χ0n) is 11.4. The highest BCUT2D eigenvalue weighted by molar-refractivity contribution is 5.71. The Bertz CT molecular complexity index is 559. The van der Waals surface area contributed by atoms with Crippen molar-refractivity contribution in [2.45, 2.75) is 20.1 Å². The van der Waals surface area contributed by atoms with E-state index in [2.05, 4.69) is 0 Å². The molecule has 1 N–H and O–H groups in total. The molecule has 0 amide bonds. The van der Waals surface area contributed by atoms with Crippen LogP contribution in [0.2, 0.25) is 0 Å². The summed E-state index contributed by atoms with van der Waals surface area (Å²) in [6.45, 7) is 3.70. The van der Waals surface area contributed by atoms with Crippen LogP contribution in [0.15, 0.2) is 48.5 Å². The Morgan fingerprint density at radius 3 is 1.65 bits per heavy atom. The van der Waals surface area contributed by atoms with Crippen LogP contribution in [0, 0.1) is 13.8 Å². The maximum Gasteiger partial charge on any atom is 0.387 e. The smallest absolute Gasteiger partial charge is 0.387 e. The van der Waals surface area contributed by atoms with Crippen molar-refractivity contribution in [3.63, 3.8) is 0 Å². The van der Waals surface area contributed by atoms with Crippen molar-refractivity contribution in [1.29, 1.82) is 0 Å². The fraction of sp³-hybridized carbons (Fsp3) is 0.188. The van der Waals surface area contributed by atoms with Crippen molar-refractivity contribution in [2.24, 2.45) is 0 Å². The first-order chi connectivity index (χ1) is 9.58. The second kappa shape index (κ2) is 6.10. The largest absolute Gasteiger partial charge is 0.476 e. The first-order valence-corrected chi connectivity index (χ1v) is 6.25. The molecule has 20 heavy (non-hydrogen) atoms. The molecule has 0 aliphatic rings. The third-order valence-corrected chi connectivity index (χ3v) is 2.86. The summed E-state index contributed by atoms with van der Waals surface area (Å²) in [7, 11) is 0. The minimum atomic E-state index is -1.38. The van der Waals surface area contributed by atoms with Gasteiger partial charge in [0.1, 0.15) is 11.5 Å². The molecule has 0 bridgehead atoms. The summed E-state index contributed by atoms with van der Waals surface area (Å²) in [5, 5.41) is 9.23. The van der Waals surface area contributed by atoms with Crippen LogP contribution >= 0.6 is 0 Å². The van der Waals surface area contributed by atoms with Crippen LogP contribution in [0.5, 0.6) is 11.5 Å². The first kappa shape index (κ1) is 13.9. The number of hydrogen-bond donors (Lipinski definition) is 1. The van der Waals surface area contributed by atoms with Crippen LogP contribution in [-0.4, -0.2) is 17.4 Å². The standard InChI is InChI=1S/C16H16O4/c1-11-7-3-5-9-13(11)19-16(15(17)18)20-14-10-6-4-8-12(14)2/h3-10,16H,1-2H3,(H,17,18). The van der Waals surface area contributed by atoms with E-state index in [1.807, 2.05) is 38.1 Å². The Morgan fingerprint density at radius 2 is 1.30 bits per heavy atom. The van der Waals surface area contributed by atoms with E-state index >= 15 is 0 Å². The van der Waals surface area contributed by atoms with Crippen molar-refractivity contribution < 1.29 is 19.4 Å². The van der Waals surface area contributed by atoms with Crippen LogP contribution in [0.25, 0.3) is 0 Å². The lowest BCUT2D eigenvalue weighted by molar-refractivity contribution is -0.158. The third kappa shape index (κ3) is 3.29. The van der Waals surface area contributed by atoms with Crippen molar-refractivity contribution in [3.05, 3.63) is 59.7 Å². The van der Waals surface area contributed by atoms with E-state index in [4.69, 9.17) is 9.47 Å². The van der Waals surface area contributed by atoms with E-state index in [0.717, 1.165) is 11.1 Å². The molecule has 2 rings (SSSR count). The Kier molecular flexibility index (Phi) is 4.25. The van der Waals surface area contributed by atoms with Crippen molar-refractivity contribution >= 4 is 5.97 Å². The molecular weight excluding hydrogens is 256 g/mol. The summed E-state index contributed by atoms with van der Waals surface area (Å²) < 4.78 is 10.9. The van der Waals surface area contributed by atoms with Crippen molar-refractivity contribution in [2.75, 3.05) is 0 Å². The number of hydrogen-bond acceptors (Lipinski definition) is 3. The van der Waals surface area contributed by atoms with Gasteiger partial charge in [0.25, 0.3) is 0 Å². The first-order valence-electron chi connectivity index (χ1n) is 6.25. The van der Waals surface area contributed by atoms with Gasteiger partial charge in [-0.3, -0.25) is 0 Å². The van der Waals surface area contributed by atoms with E-state index in [0.29, 0.717) is 11.5 Å². The van der Waals surface area contributed by atoms with E-state index in [9.17, 15) is 9.90 Å². The summed E-state index contributed by atoms with van der Waals surface area (Å²) in [6.07, 6.45) is -1.38. The SMILES string of the molecule is Cc1ccccc1OC(Oc1ccccc1C)C(=O)O. The fourth-order valence-electron chi connectivity index (χ4n) is 1.73. The lowest BCUT2D eigenvalue weighted by atomic mass is 10.2. The van der Waals surface area contributed by atoms with Crippen LogP contribution in [0.3, 0.4) is 0 Å². The topological polar surface area (TPSA) is 55.8 Å². The van der Waals surface area contributed by atoms with E-state index in [1.165, 1.54) is 0 Å². The number of carboxylic acid groups (broad SMARTS) is 1. The second-order valence-corrected chi connectivity index (χ2v) is 4.44. The number of benzene rings is 2. The Hall–Kier alpha value is -2.49. The molecule has 0 aliphatic carbocycles. The number of carbonyl (C=O) groups is 1. The van der Waals surface area contributed by atoms with Gasteiger partial charge in [-0.2, -0.15) is 0 Å². The maximum absolute atomic E-state index is 11.3. The molecule has 2 aromatic rings. The number of aryl methyl sites for hydroxylation is 2. The molecule has 0 unspecified atom stereocenters. The molecule has 0 spiro atoms. The summed E-state index contributed by atoms with van der Waals surface area (Å²) in [4.78, 5) is 11.3. The molecule has 4 heteroatoms. The number of ether oxygens (including phenoxy) is 2. The molecular formula is C16H16O4. The number of carboxylic acids is 1. The molecule has 0 saturated heterocycles. The van der Waals surface area contributed by atoms with E-state index in [1.54, 1.807) is 24.3 Å². The van der Waals surface area contributed by atoms with Crippen LogP contribution in [0.1, 0.15) is 11.1 Å². The van der Waals surface area contributed by atoms with Crippen molar-refractivity contribution in [3.8, 4) is 11.5 Å². The lowest BCUT2D eigenvalue weighted by Gasteiger charge is -2.18.